The first-order valence-corrected chi connectivity index (χ1v) is 13.5. The summed E-state index contributed by atoms with van der Waals surface area (Å²) in [5.74, 6) is -3.17. The summed E-state index contributed by atoms with van der Waals surface area (Å²) < 4.78 is 27.7. The summed E-state index contributed by atoms with van der Waals surface area (Å²) in [4.78, 5) is 67.5. The second kappa shape index (κ2) is 14.3. The number of fused-ring (bicyclic) bond motifs is 2. The van der Waals surface area contributed by atoms with E-state index in [1.54, 1.807) is 27.0 Å². The molecule has 3 unspecified atom stereocenters. The number of rotatable bonds is 14. The summed E-state index contributed by atoms with van der Waals surface area (Å²) in [5, 5.41) is 11.4. The summed E-state index contributed by atoms with van der Waals surface area (Å²) in [6, 6.07) is 1.61. The minimum absolute atomic E-state index is 0.0254. The average molecular weight is 592 g/mol. The SMILES string of the molecule is C=C1Cn2c(cc3c(c2=O)COC(=O)C3(CC)OC(=O)CNC(=O)CCC(=O)OCC(C)COC(CO)OC)C1=NC. The fraction of sp³-hybridized carbons (Fsp3) is 0.571. The lowest BCUT2D eigenvalue weighted by atomic mass is 9.85. The van der Waals surface area contributed by atoms with E-state index in [4.69, 9.17) is 28.8 Å². The number of aliphatic imine (C=N–C) groups is 1. The number of nitrogens with one attached hydrogen (secondary N) is 1. The lowest BCUT2D eigenvalue weighted by Gasteiger charge is -2.35. The number of hydrogen-bond donors (Lipinski definition) is 2. The van der Waals surface area contributed by atoms with Crippen LogP contribution in [0.3, 0.4) is 0 Å². The molecule has 3 rings (SSSR count). The Kier molecular flexibility index (Phi) is 11.1. The number of hydrogen-bond acceptors (Lipinski definition) is 12. The van der Waals surface area contributed by atoms with E-state index in [1.165, 1.54) is 11.7 Å². The standard InChI is InChI=1S/C28H37N3O11/c1-6-28(19-9-20-25(29-4)17(3)11-31(20)26(36)18(19)15-41-27(28)37)42-23(35)10-30-21(33)7-8-22(34)39-13-16(2)14-40-24(12-32)38-5/h9,16,24,32H,3,6-8,10-15H2,1-2,4-5H3,(H,30,33). The van der Waals surface area contributed by atoms with E-state index >= 15 is 0 Å². The molecule has 230 valence electrons. The topological polar surface area (TPSA) is 181 Å². The lowest BCUT2D eigenvalue weighted by Crippen LogP contribution is -2.49. The van der Waals surface area contributed by atoms with Crippen LogP contribution in [0.25, 0.3) is 0 Å². The van der Waals surface area contributed by atoms with Crippen molar-refractivity contribution < 1.29 is 48.0 Å². The van der Waals surface area contributed by atoms with Gasteiger partial charge in [0.15, 0.2) is 6.29 Å². The molecule has 2 aliphatic heterocycles. The maximum atomic E-state index is 13.2. The number of esters is 3. The van der Waals surface area contributed by atoms with Gasteiger partial charge in [0.25, 0.3) is 5.56 Å². The Morgan fingerprint density at radius 3 is 2.62 bits per heavy atom. The highest BCUT2D eigenvalue weighted by Crippen LogP contribution is 2.38. The van der Waals surface area contributed by atoms with Crippen LogP contribution in [0.1, 0.15) is 49.9 Å². The van der Waals surface area contributed by atoms with Gasteiger partial charge < -0.3 is 38.7 Å². The summed E-state index contributed by atoms with van der Waals surface area (Å²) in [6.45, 7) is 6.65. The molecule has 0 bridgehead atoms. The molecule has 3 atom stereocenters. The molecular formula is C28H37N3O11. The fourth-order valence-corrected chi connectivity index (χ4v) is 4.66. The quantitative estimate of drug-likeness (QED) is 0.170. The molecule has 0 radical (unpaired) electrons. The van der Waals surface area contributed by atoms with E-state index in [0.717, 1.165) is 0 Å². The molecular weight excluding hydrogens is 554 g/mol. The largest absolute Gasteiger partial charge is 0.465 e. The van der Waals surface area contributed by atoms with Crippen LogP contribution in [0.4, 0.5) is 0 Å². The van der Waals surface area contributed by atoms with Crippen LogP contribution in [-0.2, 0) is 61.6 Å². The van der Waals surface area contributed by atoms with Crippen LogP contribution in [0.2, 0.25) is 0 Å². The molecule has 42 heavy (non-hydrogen) atoms. The van der Waals surface area contributed by atoms with Crippen molar-refractivity contribution in [3.8, 4) is 0 Å². The Hall–Kier alpha value is -3.88. The van der Waals surface area contributed by atoms with Crippen molar-refractivity contribution in [3.63, 3.8) is 0 Å². The number of carbonyl (C=O) groups excluding carboxylic acids is 4. The van der Waals surface area contributed by atoms with Gasteiger partial charge in [-0.1, -0.05) is 20.4 Å². The van der Waals surface area contributed by atoms with Gasteiger partial charge in [0.05, 0.1) is 49.8 Å². The molecule has 14 heteroatoms. The van der Waals surface area contributed by atoms with Crippen LogP contribution in [-0.4, -0.2) is 86.0 Å². The second-order valence-electron chi connectivity index (χ2n) is 9.97. The first-order chi connectivity index (χ1) is 20.0. The van der Waals surface area contributed by atoms with Crippen LogP contribution in [0.5, 0.6) is 0 Å². The monoisotopic (exact) mass is 591 g/mol. The van der Waals surface area contributed by atoms with Crippen molar-refractivity contribution in [1.29, 1.82) is 0 Å². The number of ether oxygens (including phenoxy) is 5. The predicted octanol–water partition coefficient (Wildman–Crippen LogP) is 0.0994. The van der Waals surface area contributed by atoms with E-state index < -0.39 is 47.8 Å². The zero-order valence-electron chi connectivity index (χ0n) is 24.2. The summed E-state index contributed by atoms with van der Waals surface area (Å²) >= 11 is 0. The minimum atomic E-state index is -1.89. The molecule has 0 spiro atoms. The normalized spacial score (nSPS) is 19.9. The van der Waals surface area contributed by atoms with Gasteiger partial charge in [0.1, 0.15) is 13.2 Å². The first-order valence-electron chi connectivity index (χ1n) is 13.5. The van der Waals surface area contributed by atoms with Crippen LogP contribution < -0.4 is 10.9 Å². The molecule has 0 saturated carbocycles. The number of cyclic esters (lactones) is 1. The Morgan fingerprint density at radius 2 is 1.98 bits per heavy atom. The molecule has 0 aromatic carbocycles. The number of carbonyl (C=O) groups is 4. The van der Waals surface area contributed by atoms with E-state index in [0.29, 0.717) is 17.0 Å². The van der Waals surface area contributed by atoms with Gasteiger partial charge >= 0.3 is 17.9 Å². The van der Waals surface area contributed by atoms with Crippen LogP contribution in [0.15, 0.2) is 28.0 Å². The first kappa shape index (κ1) is 32.6. The van der Waals surface area contributed by atoms with Crippen molar-refractivity contribution >= 4 is 29.5 Å². The molecule has 1 aromatic heterocycles. The molecule has 2 N–H and O–H groups in total. The van der Waals surface area contributed by atoms with Crippen molar-refractivity contribution in [2.75, 3.05) is 40.5 Å². The zero-order valence-corrected chi connectivity index (χ0v) is 24.2. The van der Waals surface area contributed by atoms with Crippen LogP contribution >= 0.6 is 0 Å². The molecule has 2 aliphatic rings. The molecule has 0 fully saturated rings. The van der Waals surface area contributed by atoms with Gasteiger partial charge in [-0.25, -0.2) is 4.79 Å². The van der Waals surface area contributed by atoms with Crippen molar-refractivity contribution in [3.05, 3.63) is 45.4 Å². The number of aliphatic hydroxyl groups is 1. The van der Waals surface area contributed by atoms with E-state index in [9.17, 15) is 24.0 Å². The maximum Gasteiger partial charge on any atom is 0.355 e. The van der Waals surface area contributed by atoms with E-state index in [-0.39, 0.29) is 69.3 Å². The zero-order chi connectivity index (χ0) is 31.0. The van der Waals surface area contributed by atoms with Gasteiger partial charge in [-0.15, -0.1) is 0 Å². The van der Waals surface area contributed by atoms with Gasteiger partial charge in [-0.05, 0) is 18.1 Å². The Balaban J connectivity index is 1.56. The van der Waals surface area contributed by atoms with Gasteiger partial charge in [-0.2, -0.15) is 0 Å². The van der Waals surface area contributed by atoms with Crippen molar-refractivity contribution in [2.45, 2.75) is 58.2 Å². The highest BCUT2D eigenvalue weighted by molar-refractivity contribution is 6.13. The minimum Gasteiger partial charge on any atom is -0.465 e. The third-order valence-electron chi connectivity index (χ3n) is 6.94. The van der Waals surface area contributed by atoms with Gasteiger partial charge in [0.2, 0.25) is 11.5 Å². The third-order valence-corrected chi connectivity index (χ3v) is 6.94. The molecule has 14 nitrogen and oxygen atoms in total. The average Bonchev–Trinajstić information content (AvgIpc) is 3.31. The number of nitrogens with zero attached hydrogens (tertiary/aromatic N) is 2. The summed E-state index contributed by atoms with van der Waals surface area (Å²) in [7, 11) is 2.96. The summed E-state index contributed by atoms with van der Waals surface area (Å²) in [5.41, 5.74) is -0.274. The predicted molar refractivity (Wildman–Crippen MR) is 146 cm³/mol. The lowest BCUT2D eigenvalue weighted by molar-refractivity contribution is -0.189. The van der Waals surface area contributed by atoms with Gasteiger partial charge in [0, 0.05) is 32.1 Å². The number of aromatic nitrogens is 1. The highest BCUT2D eigenvalue weighted by Gasteiger charge is 2.50. The Bertz CT molecular complexity index is 1310. The highest BCUT2D eigenvalue weighted by atomic mass is 16.7. The van der Waals surface area contributed by atoms with Crippen molar-refractivity contribution in [1.82, 2.24) is 9.88 Å². The van der Waals surface area contributed by atoms with E-state index in [1.807, 2.05) is 0 Å². The van der Waals surface area contributed by atoms with E-state index in [2.05, 4.69) is 16.9 Å². The molecule has 0 saturated heterocycles. The van der Waals surface area contributed by atoms with Crippen molar-refractivity contribution in [2.24, 2.45) is 10.9 Å². The molecule has 3 heterocycles. The number of pyridine rings is 1. The Labute approximate surface area is 242 Å². The number of methoxy groups -OCH3 is 1. The number of allylic oxidation sites excluding steroid dienone is 1. The maximum absolute atomic E-state index is 13.2. The fourth-order valence-electron chi connectivity index (χ4n) is 4.66. The molecule has 1 amide bonds. The number of aliphatic hydroxyl groups excluding tert-OH is 1. The van der Waals surface area contributed by atoms with Crippen LogP contribution in [0, 0.1) is 5.92 Å². The van der Waals surface area contributed by atoms with Gasteiger partial charge in [-0.3, -0.25) is 24.2 Å². The molecule has 0 aliphatic carbocycles. The third kappa shape index (κ3) is 7.12. The Morgan fingerprint density at radius 1 is 1.24 bits per heavy atom. The molecule has 1 aromatic rings. The summed E-state index contributed by atoms with van der Waals surface area (Å²) in [6.07, 6.45) is -1.27. The smallest absolute Gasteiger partial charge is 0.355 e. The number of amides is 1. The second-order valence-corrected chi connectivity index (χ2v) is 9.97.